The number of fused-ring (bicyclic) bond motifs is 1. The van der Waals surface area contributed by atoms with Crippen molar-refractivity contribution < 1.29 is 14.3 Å². The fourth-order valence-corrected chi connectivity index (χ4v) is 3.20. The van der Waals surface area contributed by atoms with E-state index in [1.54, 1.807) is 13.8 Å². The van der Waals surface area contributed by atoms with Gasteiger partial charge in [0.2, 0.25) is 0 Å². The zero-order valence-corrected chi connectivity index (χ0v) is 13.3. The van der Waals surface area contributed by atoms with E-state index in [0.29, 0.717) is 4.88 Å². The highest BCUT2D eigenvalue weighted by molar-refractivity contribution is 7.21. The summed E-state index contributed by atoms with van der Waals surface area (Å²) in [6.45, 7) is 5.84. The normalized spacial score (nSPS) is 10.9. The molecule has 1 amide bonds. The largest absolute Gasteiger partial charge is 0.463 e. The van der Waals surface area contributed by atoms with E-state index in [2.05, 4.69) is 5.32 Å². The molecule has 4 nitrogen and oxygen atoms in total. The van der Waals surface area contributed by atoms with Gasteiger partial charge in [0.15, 0.2) is 0 Å². The van der Waals surface area contributed by atoms with Crippen LogP contribution >= 0.6 is 11.3 Å². The molecular weight excluding hydrogens is 286 g/mol. The maximum Gasteiger partial charge on any atom is 0.307 e. The molecule has 0 aliphatic rings. The van der Waals surface area contributed by atoms with Gasteiger partial charge in [-0.25, -0.2) is 0 Å². The summed E-state index contributed by atoms with van der Waals surface area (Å²) in [7, 11) is 0. The molecular formula is C16H19NO3S. The van der Waals surface area contributed by atoms with E-state index in [4.69, 9.17) is 4.74 Å². The van der Waals surface area contributed by atoms with Gasteiger partial charge in [-0.05, 0) is 37.8 Å². The first-order valence-corrected chi connectivity index (χ1v) is 7.76. The van der Waals surface area contributed by atoms with Gasteiger partial charge in [-0.3, -0.25) is 9.59 Å². The second-order valence-electron chi connectivity index (χ2n) is 5.10. The van der Waals surface area contributed by atoms with Crippen molar-refractivity contribution in [3.8, 4) is 0 Å². The Bertz CT molecular complexity index is 661. The molecule has 1 heterocycles. The molecule has 0 aliphatic heterocycles. The van der Waals surface area contributed by atoms with Crippen LogP contribution in [0.4, 0.5) is 0 Å². The monoisotopic (exact) mass is 305 g/mol. The Kier molecular flexibility index (Phi) is 4.96. The van der Waals surface area contributed by atoms with E-state index >= 15 is 0 Å². The third-order valence-electron chi connectivity index (χ3n) is 3.03. The van der Waals surface area contributed by atoms with Crippen LogP contribution in [0, 0.1) is 6.92 Å². The number of carbonyl (C=O) groups is 2. The molecule has 2 rings (SSSR count). The highest BCUT2D eigenvalue weighted by Crippen LogP contribution is 2.30. The van der Waals surface area contributed by atoms with Crippen molar-refractivity contribution in [2.75, 3.05) is 6.54 Å². The lowest BCUT2D eigenvalue weighted by Crippen LogP contribution is -2.26. The third-order valence-corrected chi connectivity index (χ3v) is 4.30. The van der Waals surface area contributed by atoms with Crippen LogP contribution in [0.5, 0.6) is 0 Å². The van der Waals surface area contributed by atoms with E-state index in [0.717, 1.165) is 15.6 Å². The lowest BCUT2D eigenvalue weighted by atomic mass is 10.1. The van der Waals surface area contributed by atoms with Crippen molar-refractivity contribution in [2.24, 2.45) is 0 Å². The summed E-state index contributed by atoms with van der Waals surface area (Å²) in [5.74, 6) is -0.426. The topological polar surface area (TPSA) is 55.4 Å². The Morgan fingerprint density at radius 3 is 2.67 bits per heavy atom. The Morgan fingerprint density at radius 2 is 2.00 bits per heavy atom. The summed E-state index contributed by atoms with van der Waals surface area (Å²) in [6.07, 6.45) is 0.0615. The second-order valence-corrected chi connectivity index (χ2v) is 6.15. The van der Waals surface area contributed by atoms with Gasteiger partial charge in [-0.15, -0.1) is 11.3 Å². The molecule has 0 spiro atoms. The molecule has 0 unspecified atom stereocenters. The first-order chi connectivity index (χ1) is 9.99. The van der Waals surface area contributed by atoms with E-state index in [9.17, 15) is 9.59 Å². The molecule has 0 radical (unpaired) electrons. The van der Waals surface area contributed by atoms with Gasteiger partial charge >= 0.3 is 5.97 Å². The van der Waals surface area contributed by atoms with Crippen LogP contribution in [0.3, 0.4) is 0 Å². The SMILES string of the molecule is Cc1c(C(=O)NCCC(=O)OC(C)C)sc2ccccc12. The van der Waals surface area contributed by atoms with Gasteiger partial charge in [0.25, 0.3) is 5.91 Å². The van der Waals surface area contributed by atoms with Gasteiger partial charge in [-0.1, -0.05) is 18.2 Å². The molecule has 0 saturated heterocycles. The molecule has 112 valence electrons. The van der Waals surface area contributed by atoms with Crippen LogP contribution < -0.4 is 5.32 Å². The van der Waals surface area contributed by atoms with Gasteiger partial charge in [-0.2, -0.15) is 0 Å². The zero-order chi connectivity index (χ0) is 15.4. The Labute approximate surface area is 128 Å². The summed E-state index contributed by atoms with van der Waals surface area (Å²) in [5, 5.41) is 3.88. The van der Waals surface area contributed by atoms with Gasteiger partial charge in [0, 0.05) is 11.2 Å². The van der Waals surface area contributed by atoms with Crippen molar-refractivity contribution in [1.82, 2.24) is 5.32 Å². The molecule has 1 aromatic carbocycles. The predicted octanol–water partition coefficient (Wildman–Crippen LogP) is 3.28. The first-order valence-electron chi connectivity index (χ1n) is 6.95. The first kappa shape index (κ1) is 15.5. The average Bonchev–Trinajstić information content (AvgIpc) is 2.76. The Balaban J connectivity index is 1.96. The fourth-order valence-electron chi connectivity index (χ4n) is 2.07. The number of hydrogen-bond acceptors (Lipinski definition) is 4. The molecule has 5 heteroatoms. The van der Waals surface area contributed by atoms with E-state index in [1.807, 2.05) is 31.2 Å². The maximum atomic E-state index is 12.2. The molecule has 0 atom stereocenters. The summed E-state index contributed by atoms with van der Waals surface area (Å²) < 4.78 is 6.12. The third kappa shape index (κ3) is 3.82. The van der Waals surface area contributed by atoms with E-state index in [-0.39, 0.29) is 30.9 Å². The quantitative estimate of drug-likeness (QED) is 0.862. The number of hydrogen-bond donors (Lipinski definition) is 1. The van der Waals surface area contributed by atoms with Crippen molar-refractivity contribution in [2.45, 2.75) is 33.3 Å². The Hall–Kier alpha value is -1.88. The fraction of sp³-hybridized carbons (Fsp3) is 0.375. The maximum absolute atomic E-state index is 12.2. The highest BCUT2D eigenvalue weighted by Gasteiger charge is 2.15. The lowest BCUT2D eigenvalue weighted by Gasteiger charge is -2.08. The number of aryl methyl sites for hydroxylation is 1. The molecule has 0 bridgehead atoms. The minimum absolute atomic E-state index is 0.127. The highest BCUT2D eigenvalue weighted by atomic mass is 32.1. The molecule has 0 saturated carbocycles. The smallest absolute Gasteiger partial charge is 0.307 e. The lowest BCUT2D eigenvalue weighted by molar-refractivity contribution is -0.147. The standard InChI is InChI=1S/C16H19NO3S/c1-10(2)20-14(18)8-9-17-16(19)15-11(3)12-6-4-5-7-13(12)21-15/h4-7,10H,8-9H2,1-3H3,(H,17,19). The summed E-state index contributed by atoms with van der Waals surface area (Å²) in [6, 6.07) is 7.94. The summed E-state index contributed by atoms with van der Waals surface area (Å²) in [4.78, 5) is 24.3. The predicted molar refractivity (Wildman–Crippen MR) is 84.7 cm³/mol. The van der Waals surface area contributed by atoms with Crippen molar-refractivity contribution in [3.05, 3.63) is 34.7 Å². The number of benzene rings is 1. The molecule has 1 aromatic heterocycles. The number of carbonyl (C=O) groups excluding carboxylic acids is 2. The zero-order valence-electron chi connectivity index (χ0n) is 12.4. The number of rotatable bonds is 5. The second kappa shape index (κ2) is 6.72. The molecule has 0 fully saturated rings. The van der Waals surface area contributed by atoms with Crippen LogP contribution in [-0.2, 0) is 9.53 Å². The number of esters is 1. The average molecular weight is 305 g/mol. The molecule has 2 aromatic rings. The minimum Gasteiger partial charge on any atom is -0.463 e. The number of ether oxygens (including phenoxy) is 1. The molecule has 0 aliphatic carbocycles. The number of thiophene rings is 1. The van der Waals surface area contributed by atoms with Crippen molar-refractivity contribution >= 4 is 33.3 Å². The molecule has 21 heavy (non-hydrogen) atoms. The van der Waals surface area contributed by atoms with Crippen LogP contribution in [0.25, 0.3) is 10.1 Å². The van der Waals surface area contributed by atoms with Crippen LogP contribution in [0.1, 0.15) is 35.5 Å². The molecule has 1 N–H and O–H groups in total. The van der Waals surface area contributed by atoms with Gasteiger partial charge in [0.05, 0.1) is 17.4 Å². The Morgan fingerprint density at radius 1 is 1.29 bits per heavy atom. The number of amides is 1. The van der Waals surface area contributed by atoms with Gasteiger partial charge < -0.3 is 10.1 Å². The van der Waals surface area contributed by atoms with E-state index in [1.165, 1.54) is 11.3 Å². The van der Waals surface area contributed by atoms with Crippen LogP contribution in [0.2, 0.25) is 0 Å². The summed E-state index contributed by atoms with van der Waals surface area (Å²) >= 11 is 1.47. The van der Waals surface area contributed by atoms with Crippen LogP contribution in [-0.4, -0.2) is 24.5 Å². The number of nitrogens with one attached hydrogen (secondary N) is 1. The minimum atomic E-state index is -0.293. The summed E-state index contributed by atoms with van der Waals surface area (Å²) in [5.41, 5.74) is 0.984. The van der Waals surface area contributed by atoms with E-state index < -0.39 is 0 Å². The van der Waals surface area contributed by atoms with Crippen molar-refractivity contribution in [1.29, 1.82) is 0 Å². The van der Waals surface area contributed by atoms with Crippen molar-refractivity contribution in [3.63, 3.8) is 0 Å². The van der Waals surface area contributed by atoms with Gasteiger partial charge in [0.1, 0.15) is 0 Å². The van der Waals surface area contributed by atoms with Crippen LogP contribution in [0.15, 0.2) is 24.3 Å².